The van der Waals surface area contributed by atoms with Crippen LogP contribution in [-0.4, -0.2) is 25.8 Å². The van der Waals surface area contributed by atoms with Crippen molar-refractivity contribution in [2.24, 2.45) is 5.92 Å². The van der Waals surface area contributed by atoms with Crippen LogP contribution in [0.5, 0.6) is 5.75 Å². The third-order valence-electron chi connectivity index (χ3n) is 4.23. The van der Waals surface area contributed by atoms with Gasteiger partial charge in [0.1, 0.15) is 5.75 Å². The minimum Gasteiger partial charge on any atom is -0.496 e. The van der Waals surface area contributed by atoms with Crippen molar-refractivity contribution in [1.29, 1.82) is 0 Å². The Labute approximate surface area is 116 Å². The monoisotopic (exact) mass is 263 g/mol. The number of ether oxygens (including phenoxy) is 2. The smallest absolute Gasteiger partial charge is 0.121 e. The summed E-state index contributed by atoms with van der Waals surface area (Å²) in [4.78, 5) is 0. The van der Waals surface area contributed by atoms with Crippen LogP contribution in [0.2, 0.25) is 0 Å². The molecule has 2 unspecified atom stereocenters. The number of rotatable bonds is 3. The molecular weight excluding hydrogens is 238 g/mol. The molecule has 1 N–H and O–H groups in total. The highest BCUT2D eigenvalue weighted by Gasteiger charge is 2.36. The topological polar surface area (TPSA) is 30.5 Å². The first kappa shape index (κ1) is 14.4. The first-order valence-electron chi connectivity index (χ1n) is 6.99. The lowest BCUT2D eigenvalue weighted by molar-refractivity contribution is -0.132. The molecule has 3 nitrogen and oxygen atoms in total. The molecule has 0 aliphatic carbocycles. The molecule has 106 valence electrons. The third kappa shape index (κ3) is 2.93. The molecule has 0 aromatic heterocycles. The summed E-state index contributed by atoms with van der Waals surface area (Å²) < 4.78 is 11.7. The van der Waals surface area contributed by atoms with Crippen LogP contribution in [-0.2, 0) is 4.74 Å². The largest absolute Gasteiger partial charge is 0.496 e. The highest BCUT2D eigenvalue weighted by atomic mass is 16.5. The molecule has 0 amide bonds. The molecule has 1 saturated heterocycles. The molecule has 1 heterocycles. The van der Waals surface area contributed by atoms with Crippen LogP contribution in [0.15, 0.2) is 18.2 Å². The SMILES string of the molecule is COc1ccc(C2CNCC(C)(C(C)C)O2)cc1C. The Morgan fingerprint density at radius 3 is 2.74 bits per heavy atom. The summed E-state index contributed by atoms with van der Waals surface area (Å²) in [7, 11) is 1.70. The van der Waals surface area contributed by atoms with Crippen molar-refractivity contribution in [2.45, 2.75) is 39.4 Å². The average molecular weight is 263 g/mol. The van der Waals surface area contributed by atoms with E-state index >= 15 is 0 Å². The summed E-state index contributed by atoms with van der Waals surface area (Å²) in [5.41, 5.74) is 2.27. The highest BCUT2D eigenvalue weighted by Crippen LogP contribution is 2.33. The predicted octanol–water partition coefficient (Wildman–Crippen LogP) is 3.08. The van der Waals surface area contributed by atoms with Crippen LogP contribution in [0, 0.1) is 12.8 Å². The predicted molar refractivity (Wildman–Crippen MR) is 77.7 cm³/mol. The third-order valence-corrected chi connectivity index (χ3v) is 4.23. The van der Waals surface area contributed by atoms with Gasteiger partial charge in [0.25, 0.3) is 0 Å². The van der Waals surface area contributed by atoms with E-state index in [9.17, 15) is 0 Å². The molecule has 1 aromatic carbocycles. The Morgan fingerprint density at radius 2 is 2.16 bits per heavy atom. The molecule has 1 fully saturated rings. The molecule has 0 spiro atoms. The van der Waals surface area contributed by atoms with Crippen molar-refractivity contribution in [1.82, 2.24) is 5.32 Å². The van der Waals surface area contributed by atoms with E-state index in [0.717, 1.165) is 24.4 Å². The molecule has 1 aromatic rings. The van der Waals surface area contributed by atoms with Gasteiger partial charge in [0.15, 0.2) is 0 Å². The summed E-state index contributed by atoms with van der Waals surface area (Å²) >= 11 is 0. The fourth-order valence-electron chi connectivity index (χ4n) is 2.49. The lowest BCUT2D eigenvalue weighted by Crippen LogP contribution is -2.52. The zero-order valence-electron chi connectivity index (χ0n) is 12.6. The van der Waals surface area contributed by atoms with E-state index in [2.05, 4.69) is 45.1 Å². The summed E-state index contributed by atoms with van der Waals surface area (Å²) in [6.45, 7) is 10.5. The number of hydrogen-bond acceptors (Lipinski definition) is 3. The standard InChI is InChI=1S/C16H25NO2/c1-11(2)16(4)10-17-9-15(19-16)13-6-7-14(18-5)12(3)8-13/h6-8,11,15,17H,9-10H2,1-5H3. The van der Waals surface area contributed by atoms with Crippen LogP contribution in [0.4, 0.5) is 0 Å². The zero-order valence-corrected chi connectivity index (χ0v) is 12.6. The van der Waals surface area contributed by atoms with Crippen LogP contribution in [0.1, 0.15) is 38.0 Å². The van der Waals surface area contributed by atoms with E-state index in [-0.39, 0.29) is 11.7 Å². The van der Waals surface area contributed by atoms with Crippen LogP contribution in [0.3, 0.4) is 0 Å². The lowest BCUT2D eigenvalue weighted by atomic mass is 9.89. The number of methoxy groups -OCH3 is 1. The first-order chi connectivity index (χ1) is 8.96. The summed E-state index contributed by atoms with van der Waals surface area (Å²) in [6, 6.07) is 6.29. The minimum absolute atomic E-state index is 0.100. The van der Waals surface area contributed by atoms with Crippen LogP contribution in [0.25, 0.3) is 0 Å². The van der Waals surface area contributed by atoms with Gasteiger partial charge in [-0.1, -0.05) is 19.9 Å². The van der Waals surface area contributed by atoms with Crippen molar-refractivity contribution in [3.63, 3.8) is 0 Å². The Bertz CT molecular complexity index is 444. The second-order valence-corrected chi connectivity index (χ2v) is 5.93. The zero-order chi connectivity index (χ0) is 14.0. The Hall–Kier alpha value is -1.06. The first-order valence-corrected chi connectivity index (χ1v) is 6.99. The quantitative estimate of drug-likeness (QED) is 0.909. The second kappa shape index (κ2) is 5.51. The van der Waals surface area contributed by atoms with E-state index in [4.69, 9.17) is 9.47 Å². The average Bonchev–Trinajstić information content (AvgIpc) is 2.38. The summed E-state index contributed by atoms with van der Waals surface area (Å²) in [5, 5.41) is 3.50. The lowest BCUT2D eigenvalue weighted by Gasteiger charge is -2.42. The fourth-order valence-corrected chi connectivity index (χ4v) is 2.49. The maximum atomic E-state index is 6.35. The number of benzene rings is 1. The van der Waals surface area contributed by atoms with Gasteiger partial charge in [-0.15, -0.1) is 0 Å². The van der Waals surface area contributed by atoms with E-state index in [1.54, 1.807) is 7.11 Å². The van der Waals surface area contributed by atoms with E-state index in [0.29, 0.717) is 5.92 Å². The molecule has 0 radical (unpaired) electrons. The molecular formula is C16H25NO2. The Morgan fingerprint density at radius 1 is 1.42 bits per heavy atom. The number of nitrogens with one attached hydrogen (secondary N) is 1. The van der Waals surface area contributed by atoms with E-state index in [1.165, 1.54) is 5.56 Å². The minimum atomic E-state index is -0.100. The van der Waals surface area contributed by atoms with E-state index in [1.807, 2.05) is 6.07 Å². The highest BCUT2D eigenvalue weighted by molar-refractivity contribution is 5.37. The van der Waals surface area contributed by atoms with Gasteiger partial charge in [0, 0.05) is 13.1 Å². The van der Waals surface area contributed by atoms with Crippen LogP contribution < -0.4 is 10.1 Å². The molecule has 1 aliphatic rings. The summed E-state index contributed by atoms with van der Waals surface area (Å²) in [6.07, 6.45) is 0.116. The maximum absolute atomic E-state index is 6.35. The molecule has 0 bridgehead atoms. The van der Waals surface area contributed by atoms with Crippen molar-refractivity contribution in [3.05, 3.63) is 29.3 Å². The molecule has 0 saturated carbocycles. The molecule has 19 heavy (non-hydrogen) atoms. The molecule has 2 rings (SSSR count). The number of morpholine rings is 1. The van der Waals surface area contributed by atoms with Crippen molar-refractivity contribution in [3.8, 4) is 5.75 Å². The van der Waals surface area contributed by atoms with Gasteiger partial charge in [-0.25, -0.2) is 0 Å². The fraction of sp³-hybridized carbons (Fsp3) is 0.625. The van der Waals surface area contributed by atoms with Gasteiger partial charge in [-0.3, -0.25) is 0 Å². The van der Waals surface area contributed by atoms with Crippen molar-refractivity contribution in [2.75, 3.05) is 20.2 Å². The van der Waals surface area contributed by atoms with Gasteiger partial charge in [0.2, 0.25) is 0 Å². The van der Waals surface area contributed by atoms with Gasteiger partial charge in [-0.2, -0.15) is 0 Å². The van der Waals surface area contributed by atoms with Crippen molar-refractivity contribution < 1.29 is 9.47 Å². The van der Waals surface area contributed by atoms with Gasteiger partial charge in [0.05, 0.1) is 18.8 Å². The maximum Gasteiger partial charge on any atom is 0.121 e. The second-order valence-electron chi connectivity index (χ2n) is 5.93. The Kier molecular flexibility index (Phi) is 4.16. The van der Waals surface area contributed by atoms with Gasteiger partial charge in [-0.05, 0) is 43.0 Å². The summed E-state index contributed by atoms with van der Waals surface area (Å²) in [5.74, 6) is 1.42. The molecule has 2 atom stereocenters. The molecule has 1 aliphatic heterocycles. The normalized spacial score (nSPS) is 27.6. The molecule has 3 heteroatoms. The van der Waals surface area contributed by atoms with Gasteiger partial charge < -0.3 is 14.8 Å². The number of aryl methyl sites for hydroxylation is 1. The van der Waals surface area contributed by atoms with Crippen LogP contribution >= 0.6 is 0 Å². The Balaban J connectivity index is 2.20. The van der Waals surface area contributed by atoms with Crippen molar-refractivity contribution >= 4 is 0 Å². The van der Waals surface area contributed by atoms with E-state index < -0.39 is 0 Å². The van der Waals surface area contributed by atoms with Gasteiger partial charge >= 0.3 is 0 Å². The number of hydrogen-bond donors (Lipinski definition) is 1.